The van der Waals surface area contributed by atoms with Gasteiger partial charge in [0.2, 0.25) is 5.91 Å². The van der Waals surface area contributed by atoms with Crippen LogP contribution in [0.2, 0.25) is 0 Å². The van der Waals surface area contributed by atoms with E-state index in [1.54, 1.807) is 0 Å². The lowest BCUT2D eigenvalue weighted by atomic mass is 10.1. The number of benzene rings is 2. The topological polar surface area (TPSA) is 76.2 Å². The van der Waals surface area contributed by atoms with E-state index in [1.807, 2.05) is 38.1 Å². The molecule has 26 heavy (non-hydrogen) atoms. The molecule has 1 aliphatic rings. The van der Waals surface area contributed by atoms with Crippen LogP contribution >= 0.6 is 15.9 Å². The molecule has 2 N–H and O–H groups in total. The van der Waals surface area contributed by atoms with Crippen molar-refractivity contribution < 1.29 is 14.3 Å². The number of hydrogen-bond donors (Lipinski definition) is 2. The van der Waals surface area contributed by atoms with Gasteiger partial charge in [-0.15, -0.1) is 0 Å². The molecule has 0 fully saturated rings. The fourth-order valence-electron chi connectivity index (χ4n) is 3.17. The van der Waals surface area contributed by atoms with Gasteiger partial charge in [0.1, 0.15) is 13.2 Å². The van der Waals surface area contributed by atoms with Crippen LogP contribution < -0.4 is 14.8 Å². The van der Waals surface area contributed by atoms with E-state index in [2.05, 4.69) is 31.4 Å². The number of amides is 1. The number of anilines is 1. The fraction of sp³-hybridized carbons (Fsp3) is 0.263. The van der Waals surface area contributed by atoms with Gasteiger partial charge in [-0.25, -0.2) is 0 Å². The first kappa shape index (κ1) is 16.9. The Hall–Kier alpha value is -2.54. The molecule has 0 saturated carbocycles. The van der Waals surface area contributed by atoms with Crippen LogP contribution in [0.3, 0.4) is 0 Å². The van der Waals surface area contributed by atoms with Crippen LogP contribution in [-0.4, -0.2) is 29.3 Å². The predicted molar refractivity (Wildman–Crippen MR) is 103 cm³/mol. The second kappa shape index (κ2) is 6.64. The second-order valence-corrected chi connectivity index (χ2v) is 7.12. The molecule has 6 nitrogen and oxygen atoms in total. The van der Waals surface area contributed by atoms with Crippen molar-refractivity contribution in [2.45, 2.75) is 20.3 Å². The van der Waals surface area contributed by atoms with Crippen LogP contribution in [-0.2, 0) is 11.2 Å². The molecule has 0 spiro atoms. The number of fused-ring (bicyclic) bond motifs is 2. The summed E-state index contributed by atoms with van der Waals surface area (Å²) in [6.07, 6.45) is 0.233. The van der Waals surface area contributed by atoms with E-state index in [-0.39, 0.29) is 12.3 Å². The molecule has 134 valence electrons. The molecule has 0 unspecified atom stereocenters. The highest BCUT2D eigenvalue weighted by molar-refractivity contribution is 9.10. The SMILES string of the molecule is Cc1cc2[nH]nc(NC(=O)Cc3ccc4c(c3)OCCO4)c2c(C)c1Br. The van der Waals surface area contributed by atoms with Gasteiger partial charge in [-0.3, -0.25) is 9.89 Å². The summed E-state index contributed by atoms with van der Waals surface area (Å²) in [6, 6.07) is 7.57. The van der Waals surface area contributed by atoms with Crippen molar-refractivity contribution in [1.82, 2.24) is 10.2 Å². The van der Waals surface area contributed by atoms with E-state index in [1.165, 1.54) is 0 Å². The highest BCUT2D eigenvalue weighted by Gasteiger charge is 2.16. The zero-order valence-electron chi connectivity index (χ0n) is 14.5. The first-order valence-corrected chi connectivity index (χ1v) is 9.14. The Bertz CT molecular complexity index is 1010. The number of rotatable bonds is 3. The third kappa shape index (κ3) is 3.03. The quantitative estimate of drug-likeness (QED) is 0.679. The van der Waals surface area contributed by atoms with Gasteiger partial charge in [0.15, 0.2) is 17.3 Å². The van der Waals surface area contributed by atoms with E-state index in [0.717, 1.165) is 37.8 Å². The largest absolute Gasteiger partial charge is 0.486 e. The average molecular weight is 416 g/mol. The van der Waals surface area contributed by atoms with Gasteiger partial charge in [-0.05, 0) is 48.7 Å². The highest BCUT2D eigenvalue weighted by Crippen LogP contribution is 2.33. The number of nitrogens with one attached hydrogen (secondary N) is 2. The lowest BCUT2D eigenvalue weighted by Gasteiger charge is -2.18. The Morgan fingerprint density at radius 1 is 1.23 bits per heavy atom. The maximum absolute atomic E-state index is 12.5. The molecule has 4 rings (SSSR count). The predicted octanol–water partition coefficient (Wildman–Crippen LogP) is 3.89. The molecule has 1 aromatic heterocycles. The number of carbonyl (C=O) groups is 1. The Morgan fingerprint density at radius 3 is 2.81 bits per heavy atom. The van der Waals surface area contributed by atoms with Crippen LogP contribution in [0.1, 0.15) is 16.7 Å². The van der Waals surface area contributed by atoms with E-state index in [9.17, 15) is 4.79 Å². The smallest absolute Gasteiger partial charge is 0.230 e. The van der Waals surface area contributed by atoms with Crippen molar-refractivity contribution in [2.75, 3.05) is 18.5 Å². The zero-order valence-corrected chi connectivity index (χ0v) is 16.1. The van der Waals surface area contributed by atoms with Crippen LogP contribution in [0.5, 0.6) is 11.5 Å². The monoisotopic (exact) mass is 415 g/mol. The number of carbonyl (C=O) groups excluding carboxylic acids is 1. The number of nitrogens with zero attached hydrogens (tertiary/aromatic N) is 1. The van der Waals surface area contributed by atoms with Crippen molar-refractivity contribution >= 4 is 38.6 Å². The molecular formula is C19H18BrN3O3. The second-order valence-electron chi connectivity index (χ2n) is 6.33. The summed E-state index contributed by atoms with van der Waals surface area (Å²) in [4.78, 5) is 12.5. The Morgan fingerprint density at radius 2 is 2.00 bits per heavy atom. The number of H-pyrrole nitrogens is 1. The molecule has 1 amide bonds. The standard InChI is InChI=1S/C19H18BrN3O3/c1-10-7-13-17(11(2)18(10)20)19(23-22-13)21-16(24)9-12-3-4-14-15(8-12)26-6-5-25-14/h3-4,7-8H,5-6,9H2,1-2H3,(H2,21,22,23,24). The van der Waals surface area contributed by atoms with Crippen LogP contribution in [0.15, 0.2) is 28.7 Å². The van der Waals surface area contributed by atoms with E-state index < -0.39 is 0 Å². The molecular weight excluding hydrogens is 398 g/mol. The maximum Gasteiger partial charge on any atom is 0.230 e. The molecule has 0 bridgehead atoms. The summed E-state index contributed by atoms with van der Waals surface area (Å²) < 4.78 is 12.1. The summed E-state index contributed by atoms with van der Waals surface area (Å²) in [7, 11) is 0. The summed E-state index contributed by atoms with van der Waals surface area (Å²) >= 11 is 3.59. The third-order valence-corrected chi connectivity index (χ3v) is 5.65. The first-order chi connectivity index (χ1) is 12.5. The van der Waals surface area contributed by atoms with E-state index >= 15 is 0 Å². The Kier molecular flexibility index (Phi) is 4.32. The number of hydrogen-bond acceptors (Lipinski definition) is 4. The zero-order chi connectivity index (χ0) is 18.3. The minimum atomic E-state index is -0.133. The van der Waals surface area contributed by atoms with E-state index in [0.29, 0.717) is 24.8 Å². The van der Waals surface area contributed by atoms with Crippen molar-refractivity contribution in [2.24, 2.45) is 0 Å². The van der Waals surface area contributed by atoms with Crippen LogP contribution in [0.4, 0.5) is 5.82 Å². The maximum atomic E-state index is 12.5. The molecule has 3 aromatic rings. The molecule has 2 aromatic carbocycles. The first-order valence-electron chi connectivity index (χ1n) is 8.35. The molecule has 0 atom stereocenters. The van der Waals surface area contributed by atoms with E-state index in [4.69, 9.17) is 9.47 Å². The normalized spacial score (nSPS) is 13.0. The van der Waals surface area contributed by atoms with Gasteiger partial charge in [-0.1, -0.05) is 22.0 Å². The fourth-order valence-corrected chi connectivity index (χ4v) is 3.49. The number of aromatic nitrogens is 2. The molecule has 0 aliphatic carbocycles. The van der Waals surface area contributed by atoms with Gasteiger partial charge < -0.3 is 14.8 Å². The van der Waals surface area contributed by atoms with Gasteiger partial charge in [0.25, 0.3) is 0 Å². The van der Waals surface area contributed by atoms with Gasteiger partial charge in [-0.2, -0.15) is 5.10 Å². The molecule has 0 radical (unpaired) electrons. The van der Waals surface area contributed by atoms with Gasteiger partial charge >= 0.3 is 0 Å². The lowest BCUT2D eigenvalue weighted by molar-refractivity contribution is -0.115. The average Bonchev–Trinajstić information content (AvgIpc) is 3.02. The molecule has 1 aliphatic heterocycles. The summed E-state index contributed by atoms with van der Waals surface area (Å²) in [5, 5.41) is 11.1. The summed E-state index contributed by atoms with van der Waals surface area (Å²) in [5.74, 6) is 1.81. The molecule has 0 saturated heterocycles. The summed E-state index contributed by atoms with van der Waals surface area (Å²) in [5.41, 5.74) is 3.93. The number of aromatic amines is 1. The molecule has 7 heteroatoms. The minimum absolute atomic E-state index is 0.133. The van der Waals surface area contributed by atoms with Crippen molar-refractivity contribution in [1.29, 1.82) is 0 Å². The third-order valence-electron chi connectivity index (χ3n) is 4.43. The minimum Gasteiger partial charge on any atom is -0.486 e. The summed E-state index contributed by atoms with van der Waals surface area (Å²) in [6.45, 7) is 5.10. The number of aryl methyl sites for hydroxylation is 2. The Labute approximate surface area is 159 Å². The Balaban J connectivity index is 1.55. The van der Waals surface area contributed by atoms with Crippen molar-refractivity contribution in [3.8, 4) is 11.5 Å². The highest BCUT2D eigenvalue weighted by atomic mass is 79.9. The van der Waals surface area contributed by atoms with Crippen molar-refractivity contribution in [3.05, 3.63) is 45.4 Å². The number of ether oxygens (including phenoxy) is 2. The van der Waals surface area contributed by atoms with Crippen LogP contribution in [0.25, 0.3) is 10.9 Å². The lowest BCUT2D eigenvalue weighted by Crippen LogP contribution is -2.17. The van der Waals surface area contributed by atoms with Gasteiger partial charge in [0.05, 0.1) is 11.9 Å². The number of halogens is 1. The van der Waals surface area contributed by atoms with Crippen molar-refractivity contribution in [3.63, 3.8) is 0 Å². The molecule has 2 heterocycles. The van der Waals surface area contributed by atoms with Gasteiger partial charge in [0, 0.05) is 9.86 Å². The van der Waals surface area contributed by atoms with Crippen LogP contribution in [0, 0.1) is 13.8 Å².